The third-order valence-electron chi connectivity index (χ3n) is 3.61. The lowest BCUT2D eigenvalue weighted by Crippen LogP contribution is -2.46. The van der Waals surface area contributed by atoms with E-state index >= 15 is 0 Å². The Morgan fingerprint density at radius 1 is 1.05 bits per heavy atom. The molecular formula is C16H12Cl2N2O2. The Morgan fingerprint density at radius 3 is 2.41 bits per heavy atom. The topological polar surface area (TPSA) is 40.6 Å². The fourth-order valence-electron chi connectivity index (χ4n) is 2.40. The van der Waals surface area contributed by atoms with Crippen LogP contribution in [0.25, 0.3) is 0 Å². The van der Waals surface area contributed by atoms with Gasteiger partial charge in [0.05, 0.1) is 21.4 Å². The summed E-state index contributed by atoms with van der Waals surface area (Å²) in [7, 11) is 1.70. The van der Waals surface area contributed by atoms with Gasteiger partial charge in [0.15, 0.2) is 0 Å². The number of hydrogen-bond acceptors (Lipinski definition) is 2. The highest BCUT2D eigenvalue weighted by Gasteiger charge is 2.30. The third kappa shape index (κ3) is 2.45. The number of rotatable bonds is 1. The number of nitrogens with zero attached hydrogens (tertiary/aromatic N) is 2. The van der Waals surface area contributed by atoms with E-state index in [4.69, 9.17) is 23.2 Å². The highest BCUT2D eigenvalue weighted by Crippen LogP contribution is 2.33. The number of para-hydroxylation sites is 2. The molecule has 0 N–H and O–H groups in total. The summed E-state index contributed by atoms with van der Waals surface area (Å²) < 4.78 is 0. The van der Waals surface area contributed by atoms with E-state index in [-0.39, 0.29) is 18.4 Å². The first-order valence-corrected chi connectivity index (χ1v) is 7.37. The van der Waals surface area contributed by atoms with Crippen LogP contribution >= 0.6 is 23.2 Å². The molecule has 1 heterocycles. The Labute approximate surface area is 137 Å². The minimum Gasteiger partial charge on any atom is -0.312 e. The van der Waals surface area contributed by atoms with Crippen molar-refractivity contribution in [1.82, 2.24) is 0 Å². The van der Waals surface area contributed by atoms with Gasteiger partial charge >= 0.3 is 0 Å². The van der Waals surface area contributed by atoms with E-state index < -0.39 is 0 Å². The number of likely N-dealkylation sites (N-methyl/N-ethyl adjacent to an activating group) is 1. The molecule has 0 unspecified atom stereocenters. The molecule has 1 aliphatic heterocycles. The molecule has 6 heteroatoms. The molecule has 4 nitrogen and oxygen atoms in total. The van der Waals surface area contributed by atoms with E-state index in [0.29, 0.717) is 27.0 Å². The van der Waals surface area contributed by atoms with Gasteiger partial charge in [0.2, 0.25) is 5.91 Å². The Morgan fingerprint density at radius 2 is 1.73 bits per heavy atom. The molecule has 0 aliphatic carbocycles. The molecule has 0 saturated heterocycles. The van der Waals surface area contributed by atoms with E-state index in [1.165, 1.54) is 11.0 Å². The van der Waals surface area contributed by atoms with Crippen molar-refractivity contribution in [2.45, 2.75) is 0 Å². The van der Waals surface area contributed by atoms with Crippen molar-refractivity contribution in [2.24, 2.45) is 0 Å². The Balaban J connectivity index is 2.04. The predicted molar refractivity (Wildman–Crippen MR) is 88.0 cm³/mol. The molecule has 112 valence electrons. The minimum atomic E-state index is -0.285. The standard InChI is InChI=1S/C16H12Cl2N2O2/c1-19-13-4-2-3-5-14(13)20(9-15(19)21)16(22)10-6-7-11(17)12(18)8-10/h2-8H,9H2,1H3. The smallest absolute Gasteiger partial charge is 0.258 e. The van der Waals surface area contributed by atoms with E-state index in [9.17, 15) is 9.59 Å². The molecule has 2 aromatic carbocycles. The van der Waals surface area contributed by atoms with E-state index in [2.05, 4.69) is 0 Å². The Hall–Kier alpha value is -2.04. The summed E-state index contributed by atoms with van der Waals surface area (Å²) in [5.41, 5.74) is 1.79. The number of amides is 2. The fourth-order valence-corrected chi connectivity index (χ4v) is 2.70. The molecule has 2 amide bonds. The molecule has 22 heavy (non-hydrogen) atoms. The van der Waals surface area contributed by atoms with Gasteiger partial charge in [-0.3, -0.25) is 14.5 Å². The number of halogens is 2. The average Bonchev–Trinajstić information content (AvgIpc) is 2.53. The summed E-state index contributed by atoms with van der Waals surface area (Å²) in [5.74, 6) is -0.431. The Kier molecular flexibility index (Phi) is 3.81. The van der Waals surface area contributed by atoms with Crippen LogP contribution in [0, 0.1) is 0 Å². The van der Waals surface area contributed by atoms with Gasteiger partial charge in [-0.1, -0.05) is 35.3 Å². The van der Waals surface area contributed by atoms with Crippen LogP contribution in [0.4, 0.5) is 11.4 Å². The number of anilines is 2. The molecule has 0 saturated carbocycles. The van der Waals surface area contributed by atoms with Gasteiger partial charge in [0.25, 0.3) is 5.91 Å². The van der Waals surface area contributed by atoms with Crippen molar-refractivity contribution in [1.29, 1.82) is 0 Å². The van der Waals surface area contributed by atoms with Crippen LogP contribution in [0.1, 0.15) is 10.4 Å². The third-order valence-corrected chi connectivity index (χ3v) is 4.35. The van der Waals surface area contributed by atoms with E-state index in [1.807, 2.05) is 24.3 Å². The number of hydrogen-bond donors (Lipinski definition) is 0. The van der Waals surface area contributed by atoms with Gasteiger partial charge in [-0.15, -0.1) is 0 Å². The maximum absolute atomic E-state index is 12.7. The summed E-state index contributed by atoms with van der Waals surface area (Å²) in [6.07, 6.45) is 0. The van der Waals surface area contributed by atoms with Crippen molar-refractivity contribution in [2.75, 3.05) is 23.4 Å². The van der Waals surface area contributed by atoms with Crippen molar-refractivity contribution in [3.8, 4) is 0 Å². The second-order valence-electron chi connectivity index (χ2n) is 4.96. The van der Waals surface area contributed by atoms with Crippen molar-refractivity contribution in [3.05, 3.63) is 58.1 Å². The molecular weight excluding hydrogens is 323 g/mol. The second-order valence-corrected chi connectivity index (χ2v) is 5.78. The van der Waals surface area contributed by atoms with Gasteiger partial charge in [0, 0.05) is 12.6 Å². The lowest BCUT2D eigenvalue weighted by atomic mass is 10.1. The van der Waals surface area contributed by atoms with E-state index in [0.717, 1.165) is 0 Å². The zero-order valence-electron chi connectivity index (χ0n) is 11.7. The van der Waals surface area contributed by atoms with E-state index in [1.54, 1.807) is 24.1 Å². The van der Waals surface area contributed by atoms with Gasteiger partial charge in [-0.2, -0.15) is 0 Å². The zero-order valence-corrected chi connectivity index (χ0v) is 13.2. The fraction of sp³-hybridized carbons (Fsp3) is 0.125. The molecule has 0 spiro atoms. The number of fused-ring (bicyclic) bond motifs is 1. The van der Waals surface area contributed by atoms with Crippen LogP contribution < -0.4 is 9.80 Å². The summed E-state index contributed by atoms with van der Waals surface area (Å²) in [6.45, 7) is -0.00735. The minimum absolute atomic E-state index is 0.00735. The van der Waals surface area contributed by atoms with Gasteiger partial charge in [-0.25, -0.2) is 0 Å². The average molecular weight is 335 g/mol. The quantitative estimate of drug-likeness (QED) is 0.799. The highest BCUT2D eigenvalue weighted by molar-refractivity contribution is 6.42. The molecule has 2 aromatic rings. The molecule has 0 aromatic heterocycles. The normalized spacial score (nSPS) is 14.0. The first-order valence-electron chi connectivity index (χ1n) is 6.61. The molecule has 0 radical (unpaired) electrons. The predicted octanol–water partition coefficient (Wildman–Crippen LogP) is 3.62. The molecule has 0 bridgehead atoms. The van der Waals surface area contributed by atoms with Crippen LogP contribution in [0.5, 0.6) is 0 Å². The molecule has 1 aliphatic rings. The summed E-state index contributed by atoms with van der Waals surface area (Å²) in [4.78, 5) is 27.8. The lowest BCUT2D eigenvalue weighted by molar-refractivity contribution is -0.117. The highest BCUT2D eigenvalue weighted by atomic mass is 35.5. The van der Waals surface area contributed by atoms with Crippen molar-refractivity contribution in [3.63, 3.8) is 0 Å². The maximum Gasteiger partial charge on any atom is 0.258 e. The van der Waals surface area contributed by atoms with Gasteiger partial charge in [-0.05, 0) is 30.3 Å². The summed E-state index contributed by atoms with van der Waals surface area (Å²) in [5, 5.41) is 0.689. The summed E-state index contributed by atoms with van der Waals surface area (Å²) >= 11 is 11.8. The van der Waals surface area contributed by atoms with Gasteiger partial charge in [0.1, 0.15) is 6.54 Å². The maximum atomic E-state index is 12.7. The van der Waals surface area contributed by atoms with Gasteiger partial charge < -0.3 is 4.90 Å². The molecule has 0 fully saturated rings. The van der Waals surface area contributed by atoms with Crippen LogP contribution in [0.3, 0.4) is 0 Å². The molecule has 0 atom stereocenters. The SMILES string of the molecule is CN1C(=O)CN(C(=O)c2ccc(Cl)c(Cl)c2)c2ccccc21. The number of benzene rings is 2. The first-order chi connectivity index (χ1) is 10.5. The zero-order chi connectivity index (χ0) is 15.9. The monoisotopic (exact) mass is 334 g/mol. The Bertz CT molecular complexity index is 776. The van der Waals surface area contributed by atoms with Crippen molar-refractivity contribution >= 4 is 46.4 Å². The van der Waals surface area contributed by atoms with Crippen LogP contribution in [-0.2, 0) is 4.79 Å². The second kappa shape index (κ2) is 5.63. The largest absolute Gasteiger partial charge is 0.312 e. The lowest BCUT2D eigenvalue weighted by Gasteiger charge is -2.34. The summed E-state index contributed by atoms with van der Waals surface area (Å²) in [6, 6.07) is 12.0. The number of carbonyl (C=O) groups is 2. The molecule has 3 rings (SSSR count). The van der Waals surface area contributed by atoms with Crippen LogP contribution in [0.2, 0.25) is 10.0 Å². The van der Waals surface area contributed by atoms with Crippen LogP contribution in [-0.4, -0.2) is 25.4 Å². The number of carbonyl (C=O) groups excluding carboxylic acids is 2. The first kappa shape index (κ1) is 14.9. The van der Waals surface area contributed by atoms with Crippen molar-refractivity contribution < 1.29 is 9.59 Å². The van der Waals surface area contributed by atoms with Crippen LogP contribution in [0.15, 0.2) is 42.5 Å².